The van der Waals surface area contributed by atoms with Crippen molar-refractivity contribution in [2.45, 2.75) is 31.7 Å². The van der Waals surface area contributed by atoms with Crippen molar-refractivity contribution >= 4 is 27.1 Å². The van der Waals surface area contributed by atoms with Gasteiger partial charge in [0.2, 0.25) is 10.0 Å². The number of nitro benzene ring substituents is 1. The Labute approximate surface area is 206 Å². The average molecular weight is 495 g/mol. The maximum Gasteiger partial charge on any atom is 0.292 e. The highest BCUT2D eigenvalue weighted by atomic mass is 32.2. The molecule has 0 amide bonds. The quantitative estimate of drug-likeness (QED) is 0.371. The number of aryl methyl sites for hydroxylation is 2. The van der Waals surface area contributed by atoms with Crippen LogP contribution in [0.4, 0.5) is 17.1 Å². The third kappa shape index (κ3) is 5.31. The fourth-order valence-corrected chi connectivity index (χ4v) is 5.77. The van der Waals surface area contributed by atoms with Gasteiger partial charge in [-0.15, -0.1) is 0 Å². The van der Waals surface area contributed by atoms with Crippen molar-refractivity contribution in [2.75, 3.05) is 36.4 Å². The third-order valence-corrected chi connectivity index (χ3v) is 8.46. The van der Waals surface area contributed by atoms with Gasteiger partial charge in [0.25, 0.3) is 5.69 Å². The molecule has 0 unspecified atom stereocenters. The molecular formula is C26H30N4O4S. The number of piperazine rings is 1. The Morgan fingerprint density at radius 3 is 2.23 bits per heavy atom. The van der Waals surface area contributed by atoms with E-state index in [1.54, 1.807) is 24.3 Å². The summed E-state index contributed by atoms with van der Waals surface area (Å²) >= 11 is 0. The van der Waals surface area contributed by atoms with E-state index >= 15 is 0 Å². The summed E-state index contributed by atoms with van der Waals surface area (Å²) in [6, 6.07) is 19.9. The van der Waals surface area contributed by atoms with E-state index in [0.29, 0.717) is 36.8 Å². The lowest BCUT2D eigenvalue weighted by molar-refractivity contribution is -0.384. The number of anilines is 2. The van der Waals surface area contributed by atoms with Gasteiger partial charge in [0.1, 0.15) is 5.69 Å². The number of nitrogens with zero attached hydrogens (tertiary/aromatic N) is 3. The van der Waals surface area contributed by atoms with E-state index in [-0.39, 0.29) is 11.7 Å². The molecule has 1 aliphatic rings. The van der Waals surface area contributed by atoms with Gasteiger partial charge >= 0.3 is 0 Å². The first-order valence-corrected chi connectivity index (χ1v) is 13.0. The number of nitro groups is 1. The zero-order chi connectivity index (χ0) is 25.2. The van der Waals surface area contributed by atoms with Crippen molar-refractivity contribution in [3.8, 4) is 0 Å². The zero-order valence-electron chi connectivity index (χ0n) is 20.1. The van der Waals surface area contributed by atoms with Crippen LogP contribution in [0.3, 0.4) is 0 Å². The van der Waals surface area contributed by atoms with Gasteiger partial charge in [-0.3, -0.25) is 10.1 Å². The summed E-state index contributed by atoms with van der Waals surface area (Å²) in [4.78, 5) is 13.6. The molecule has 1 N–H and O–H groups in total. The molecule has 0 saturated carbocycles. The van der Waals surface area contributed by atoms with Gasteiger partial charge in [-0.25, -0.2) is 8.42 Å². The van der Waals surface area contributed by atoms with Gasteiger partial charge in [0.15, 0.2) is 0 Å². The minimum Gasteiger partial charge on any atom is -0.373 e. The topological polar surface area (TPSA) is 95.8 Å². The normalized spacial score (nSPS) is 15.6. The molecule has 3 aromatic rings. The van der Waals surface area contributed by atoms with Crippen LogP contribution in [-0.4, -0.2) is 43.8 Å². The number of benzene rings is 3. The van der Waals surface area contributed by atoms with E-state index in [0.717, 1.165) is 22.4 Å². The maximum absolute atomic E-state index is 13.1. The Balaban J connectivity index is 1.51. The predicted molar refractivity (Wildman–Crippen MR) is 138 cm³/mol. The van der Waals surface area contributed by atoms with Crippen molar-refractivity contribution in [2.24, 2.45) is 0 Å². The van der Waals surface area contributed by atoms with Gasteiger partial charge in [-0.2, -0.15) is 4.31 Å². The predicted octanol–water partition coefficient (Wildman–Crippen LogP) is 4.90. The van der Waals surface area contributed by atoms with Crippen LogP contribution in [-0.2, 0) is 10.0 Å². The van der Waals surface area contributed by atoms with Crippen LogP contribution >= 0.6 is 0 Å². The van der Waals surface area contributed by atoms with E-state index in [4.69, 9.17) is 0 Å². The smallest absolute Gasteiger partial charge is 0.292 e. The number of nitrogens with one attached hydrogen (secondary N) is 1. The second kappa shape index (κ2) is 10.1. The van der Waals surface area contributed by atoms with Crippen LogP contribution in [0.1, 0.15) is 29.7 Å². The van der Waals surface area contributed by atoms with Crippen LogP contribution in [0, 0.1) is 24.0 Å². The van der Waals surface area contributed by atoms with Gasteiger partial charge in [-0.05, 0) is 61.7 Å². The summed E-state index contributed by atoms with van der Waals surface area (Å²) in [5.74, 6) is 0. The monoisotopic (exact) mass is 494 g/mol. The molecule has 4 rings (SSSR count). The van der Waals surface area contributed by atoms with E-state index < -0.39 is 14.9 Å². The third-order valence-electron chi connectivity index (χ3n) is 6.57. The highest BCUT2D eigenvalue weighted by molar-refractivity contribution is 7.89. The molecule has 1 saturated heterocycles. The molecule has 8 nitrogen and oxygen atoms in total. The molecule has 0 bridgehead atoms. The first kappa shape index (κ1) is 24.7. The molecule has 1 aliphatic heterocycles. The molecule has 184 valence electrons. The average Bonchev–Trinajstić information content (AvgIpc) is 2.86. The first-order chi connectivity index (χ1) is 16.7. The summed E-state index contributed by atoms with van der Waals surface area (Å²) in [7, 11) is -3.57. The van der Waals surface area contributed by atoms with E-state index in [1.165, 1.54) is 10.4 Å². The van der Waals surface area contributed by atoms with Crippen LogP contribution in [0.25, 0.3) is 0 Å². The Kier molecular flexibility index (Phi) is 7.09. The minimum absolute atomic E-state index is 0.00693. The first-order valence-electron chi connectivity index (χ1n) is 11.6. The van der Waals surface area contributed by atoms with Crippen molar-refractivity contribution in [3.05, 3.63) is 93.5 Å². The Morgan fingerprint density at radius 1 is 0.914 bits per heavy atom. The molecule has 9 heteroatoms. The Morgan fingerprint density at radius 2 is 1.60 bits per heavy atom. The minimum atomic E-state index is -3.57. The van der Waals surface area contributed by atoms with E-state index in [2.05, 4.69) is 10.2 Å². The van der Waals surface area contributed by atoms with E-state index in [1.807, 2.05) is 57.2 Å². The number of hydrogen-bond donors (Lipinski definition) is 1. The number of rotatable bonds is 7. The van der Waals surface area contributed by atoms with Gasteiger partial charge in [-0.1, -0.05) is 36.4 Å². The van der Waals surface area contributed by atoms with Crippen molar-refractivity contribution in [3.63, 3.8) is 0 Å². The molecule has 0 radical (unpaired) electrons. The molecule has 3 aromatic carbocycles. The van der Waals surface area contributed by atoms with Gasteiger partial charge < -0.3 is 10.2 Å². The molecule has 0 spiro atoms. The zero-order valence-corrected chi connectivity index (χ0v) is 21.0. The second-order valence-corrected chi connectivity index (χ2v) is 10.8. The summed E-state index contributed by atoms with van der Waals surface area (Å²) in [5.41, 5.74) is 4.29. The fourth-order valence-electron chi connectivity index (χ4n) is 4.26. The lowest BCUT2D eigenvalue weighted by Crippen LogP contribution is -2.48. The molecule has 0 aromatic heterocycles. The summed E-state index contributed by atoms with van der Waals surface area (Å²) < 4.78 is 27.8. The highest BCUT2D eigenvalue weighted by Crippen LogP contribution is 2.33. The van der Waals surface area contributed by atoms with Crippen molar-refractivity contribution in [1.82, 2.24) is 4.31 Å². The van der Waals surface area contributed by atoms with Crippen LogP contribution in [0.2, 0.25) is 0 Å². The lowest BCUT2D eigenvalue weighted by Gasteiger charge is -2.35. The Hall–Kier alpha value is -3.43. The van der Waals surface area contributed by atoms with Crippen LogP contribution < -0.4 is 10.2 Å². The number of sulfonamides is 1. The van der Waals surface area contributed by atoms with Crippen molar-refractivity contribution in [1.29, 1.82) is 0 Å². The summed E-state index contributed by atoms with van der Waals surface area (Å²) in [5, 5.41) is 14.9. The number of hydrogen-bond acceptors (Lipinski definition) is 6. The maximum atomic E-state index is 13.1. The largest absolute Gasteiger partial charge is 0.373 e. The lowest BCUT2D eigenvalue weighted by atomic mass is 10.1. The highest BCUT2D eigenvalue weighted by Gasteiger charge is 2.29. The Bertz CT molecular complexity index is 1320. The molecule has 1 heterocycles. The van der Waals surface area contributed by atoms with E-state index in [9.17, 15) is 18.5 Å². The van der Waals surface area contributed by atoms with Gasteiger partial charge in [0.05, 0.1) is 9.82 Å². The van der Waals surface area contributed by atoms with Crippen molar-refractivity contribution < 1.29 is 13.3 Å². The van der Waals surface area contributed by atoms with Crippen LogP contribution in [0.5, 0.6) is 0 Å². The molecule has 1 atom stereocenters. The summed E-state index contributed by atoms with van der Waals surface area (Å²) in [6.07, 6.45) is 0. The molecular weight excluding hydrogens is 464 g/mol. The summed E-state index contributed by atoms with van der Waals surface area (Å²) in [6.45, 7) is 7.50. The standard InChI is InChI=1S/C26H30N4O4S/c1-19-9-11-24(17-20(19)2)35(33,34)29-15-13-28(14-16-29)23-10-12-26(30(31)32)25(18-23)27-21(3)22-7-5-4-6-8-22/h4-12,17-18,21,27H,13-16H2,1-3H3/t21-/m0/s1. The fraction of sp³-hybridized carbons (Fsp3) is 0.308. The molecule has 35 heavy (non-hydrogen) atoms. The molecule has 0 aliphatic carbocycles. The molecule has 1 fully saturated rings. The SMILES string of the molecule is Cc1ccc(S(=O)(=O)N2CCN(c3ccc([N+](=O)[O-])c(N[C@@H](C)c4ccccc4)c3)CC2)cc1C. The second-order valence-electron chi connectivity index (χ2n) is 8.87. The van der Waals surface area contributed by atoms with Crippen LogP contribution in [0.15, 0.2) is 71.6 Å². The van der Waals surface area contributed by atoms with Gasteiger partial charge in [0, 0.05) is 44.0 Å².